The lowest BCUT2D eigenvalue weighted by molar-refractivity contribution is -0.142. The van der Waals surface area contributed by atoms with Crippen LogP contribution >= 0.6 is 0 Å². The summed E-state index contributed by atoms with van der Waals surface area (Å²) in [4.78, 5) is 27.4. The highest BCUT2D eigenvalue weighted by Crippen LogP contribution is 2.34. The van der Waals surface area contributed by atoms with E-state index in [1.54, 1.807) is 24.8 Å². The smallest absolute Gasteiger partial charge is 0.448 e. The summed E-state index contributed by atoms with van der Waals surface area (Å²) in [6.07, 6.45) is -4.32. The number of carboxylic acid groups (broad SMARTS) is 1. The lowest BCUT2D eigenvalue weighted by Gasteiger charge is -2.28. The van der Waals surface area contributed by atoms with Gasteiger partial charge in [0.05, 0.1) is 17.5 Å². The van der Waals surface area contributed by atoms with Crippen LogP contribution in [0.1, 0.15) is 47.3 Å². The van der Waals surface area contributed by atoms with Crippen molar-refractivity contribution in [3.8, 4) is 11.1 Å². The molecule has 0 spiro atoms. The highest BCUT2D eigenvalue weighted by molar-refractivity contribution is 6.08. The zero-order valence-corrected chi connectivity index (χ0v) is 24.1. The summed E-state index contributed by atoms with van der Waals surface area (Å²) in [5, 5.41) is 11.3. The van der Waals surface area contributed by atoms with E-state index in [0.29, 0.717) is 11.1 Å². The SMILES string of the molecule is Cc1ccc2ccccc2c1C(=O)N(Cc1ccc(-c2cccc(C(C)(C)C(=O)O)c2)cc1)CC1CC=C(C(F)(F)F)O1. The van der Waals surface area contributed by atoms with Gasteiger partial charge >= 0.3 is 12.1 Å². The molecule has 0 saturated carbocycles. The molecule has 4 aromatic carbocycles. The molecule has 1 heterocycles. The quantitative estimate of drug-likeness (QED) is 0.227. The molecule has 0 fully saturated rings. The normalized spacial score (nSPS) is 15.2. The zero-order valence-electron chi connectivity index (χ0n) is 24.1. The van der Waals surface area contributed by atoms with Gasteiger partial charge in [0, 0.05) is 13.0 Å². The number of fused-ring (bicyclic) bond motifs is 1. The Morgan fingerprint density at radius 1 is 0.930 bits per heavy atom. The third-order valence-corrected chi connectivity index (χ3v) is 7.98. The molecule has 0 aromatic heterocycles. The number of halogens is 3. The van der Waals surface area contributed by atoms with E-state index in [1.165, 1.54) is 0 Å². The first kappa shape index (κ1) is 29.9. The molecule has 1 amide bonds. The fourth-order valence-corrected chi connectivity index (χ4v) is 5.33. The molecule has 1 aliphatic rings. The predicted molar refractivity (Wildman–Crippen MR) is 160 cm³/mol. The molecule has 0 radical (unpaired) electrons. The highest BCUT2D eigenvalue weighted by Gasteiger charge is 2.40. The number of nitrogens with zero attached hydrogens (tertiary/aromatic N) is 1. The van der Waals surface area contributed by atoms with E-state index in [9.17, 15) is 27.9 Å². The van der Waals surface area contributed by atoms with Gasteiger partial charge in [-0.2, -0.15) is 13.2 Å². The number of rotatable bonds is 8. The van der Waals surface area contributed by atoms with Crippen LogP contribution in [-0.2, 0) is 21.5 Å². The van der Waals surface area contributed by atoms with Gasteiger partial charge < -0.3 is 14.7 Å². The van der Waals surface area contributed by atoms with Crippen LogP contribution in [-0.4, -0.2) is 40.7 Å². The summed E-state index contributed by atoms with van der Waals surface area (Å²) < 4.78 is 45.1. The van der Waals surface area contributed by atoms with E-state index in [-0.39, 0.29) is 25.4 Å². The molecule has 5 nitrogen and oxygen atoms in total. The maximum Gasteiger partial charge on any atom is 0.448 e. The van der Waals surface area contributed by atoms with Gasteiger partial charge in [0.15, 0.2) is 5.76 Å². The Morgan fingerprint density at radius 2 is 1.65 bits per heavy atom. The fourth-order valence-electron chi connectivity index (χ4n) is 5.33. The Balaban J connectivity index is 1.44. The molecule has 8 heteroatoms. The predicted octanol–water partition coefficient (Wildman–Crippen LogP) is 8.05. The number of carboxylic acids is 1. The number of alkyl halides is 3. The van der Waals surface area contributed by atoms with Gasteiger partial charge in [0.25, 0.3) is 5.91 Å². The van der Waals surface area contributed by atoms with Crippen LogP contribution < -0.4 is 0 Å². The average molecular weight is 588 g/mol. The summed E-state index contributed by atoms with van der Waals surface area (Å²) >= 11 is 0. The number of aliphatic carboxylic acids is 1. The average Bonchev–Trinajstić information content (AvgIpc) is 3.46. The number of allylic oxidation sites excluding steroid dienone is 1. The molecule has 43 heavy (non-hydrogen) atoms. The molecular formula is C35H32F3NO4. The molecule has 1 N–H and O–H groups in total. The van der Waals surface area contributed by atoms with Crippen LogP contribution in [0.15, 0.2) is 96.8 Å². The minimum absolute atomic E-state index is 0.0222. The van der Waals surface area contributed by atoms with Crippen molar-refractivity contribution in [3.05, 3.63) is 119 Å². The second-order valence-electron chi connectivity index (χ2n) is 11.4. The third-order valence-electron chi connectivity index (χ3n) is 7.98. The molecule has 1 atom stereocenters. The topological polar surface area (TPSA) is 66.8 Å². The summed E-state index contributed by atoms with van der Waals surface area (Å²) in [6, 6.07) is 26.2. The maximum atomic E-state index is 14.1. The molecule has 5 rings (SSSR count). The Hall–Kier alpha value is -4.59. The number of benzene rings is 4. The number of aryl methyl sites for hydroxylation is 1. The summed E-state index contributed by atoms with van der Waals surface area (Å²) in [6.45, 7) is 5.30. The van der Waals surface area contributed by atoms with E-state index in [0.717, 1.165) is 39.1 Å². The molecule has 222 valence electrons. The van der Waals surface area contributed by atoms with Gasteiger partial charge in [-0.15, -0.1) is 0 Å². The number of ether oxygens (including phenoxy) is 1. The maximum absolute atomic E-state index is 14.1. The van der Waals surface area contributed by atoms with Crippen molar-refractivity contribution in [2.24, 2.45) is 0 Å². The Morgan fingerprint density at radius 3 is 2.33 bits per heavy atom. The van der Waals surface area contributed by atoms with Crippen molar-refractivity contribution in [2.45, 2.75) is 51.4 Å². The van der Waals surface area contributed by atoms with Crippen LogP contribution in [0.2, 0.25) is 0 Å². The summed E-state index contributed by atoms with van der Waals surface area (Å²) in [7, 11) is 0. The molecule has 1 aliphatic heterocycles. The van der Waals surface area contributed by atoms with Crippen LogP contribution in [0, 0.1) is 6.92 Å². The second kappa shape index (κ2) is 11.6. The standard InChI is InChI=1S/C35H32F3NO4/c1-22-11-14-25-7-4-5-10-29(25)31(22)32(40)39(21-28-17-18-30(43-28)35(36,37)38)20-23-12-15-24(16-13-23)26-8-6-9-27(19-26)34(2,3)33(41)42/h4-16,18-19,28H,17,20-21H2,1-3H3,(H,41,42). The van der Waals surface area contributed by atoms with Crippen molar-refractivity contribution in [2.75, 3.05) is 6.54 Å². The van der Waals surface area contributed by atoms with Gasteiger partial charge in [0.1, 0.15) is 6.10 Å². The minimum atomic E-state index is -4.58. The van der Waals surface area contributed by atoms with E-state index in [1.807, 2.05) is 85.8 Å². The Kier molecular flexibility index (Phi) is 8.06. The largest absolute Gasteiger partial charge is 0.484 e. The minimum Gasteiger partial charge on any atom is -0.484 e. The van der Waals surface area contributed by atoms with Crippen LogP contribution in [0.4, 0.5) is 13.2 Å². The first-order chi connectivity index (χ1) is 20.3. The monoisotopic (exact) mass is 587 g/mol. The van der Waals surface area contributed by atoms with E-state index in [4.69, 9.17) is 4.74 Å². The molecule has 0 bridgehead atoms. The van der Waals surface area contributed by atoms with Gasteiger partial charge in [-0.25, -0.2) is 0 Å². The van der Waals surface area contributed by atoms with Crippen LogP contribution in [0.5, 0.6) is 0 Å². The van der Waals surface area contributed by atoms with E-state index in [2.05, 4.69) is 0 Å². The number of hydrogen-bond donors (Lipinski definition) is 1. The highest BCUT2D eigenvalue weighted by atomic mass is 19.4. The number of carbonyl (C=O) groups is 2. The van der Waals surface area contributed by atoms with Crippen LogP contribution in [0.3, 0.4) is 0 Å². The van der Waals surface area contributed by atoms with Gasteiger partial charge in [-0.3, -0.25) is 9.59 Å². The summed E-state index contributed by atoms with van der Waals surface area (Å²) in [5.41, 5.74) is 3.41. The molecular weight excluding hydrogens is 555 g/mol. The van der Waals surface area contributed by atoms with Gasteiger partial charge in [0.2, 0.25) is 0 Å². The molecule has 0 saturated heterocycles. The summed E-state index contributed by atoms with van der Waals surface area (Å²) in [5.74, 6) is -2.23. The van der Waals surface area contributed by atoms with Crippen molar-refractivity contribution in [1.29, 1.82) is 0 Å². The number of hydrogen-bond acceptors (Lipinski definition) is 3. The van der Waals surface area contributed by atoms with Crippen molar-refractivity contribution in [1.82, 2.24) is 4.90 Å². The first-order valence-electron chi connectivity index (χ1n) is 14.0. The first-order valence-corrected chi connectivity index (χ1v) is 14.0. The van der Waals surface area contributed by atoms with E-state index >= 15 is 0 Å². The van der Waals surface area contributed by atoms with Crippen molar-refractivity contribution in [3.63, 3.8) is 0 Å². The lowest BCUT2D eigenvalue weighted by Crippen LogP contribution is -2.38. The van der Waals surface area contributed by atoms with E-state index < -0.39 is 29.4 Å². The van der Waals surface area contributed by atoms with Crippen LogP contribution in [0.25, 0.3) is 21.9 Å². The Bertz CT molecular complexity index is 1710. The lowest BCUT2D eigenvalue weighted by atomic mass is 9.83. The van der Waals surface area contributed by atoms with Crippen molar-refractivity contribution < 1.29 is 32.6 Å². The second-order valence-corrected chi connectivity index (χ2v) is 11.4. The fraction of sp³-hybridized carbons (Fsp3) is 0.257. The van der Waals surface area contributed by atoms with Gasteiger partial charge in [-0.1, -0.05) is 84.9 Å². The molecule has 4 aromatic rings. The number of amides is 1. The van der Waals surface area contributed by atoms with Gasteiger partial charge in [-0.05, 0) is 65.4 Å². The number of carbonyl (C=O) groups excluding carboxylic acids is 1. The molecule has 1 unspecified atom stereocenters. The van der Waals surface area contributed by atoms with Crippen molar-refractivity contribution >= 4 is 22.6 Å². The zero-order chi connectivity index (χ0) is 30.9. The third kappa shape index (κ3) is 6.28. The molecule has 0 aliphatic carbocycles. The Labute approximate surface area is 248 Å².